The molecule has 1 fully saturated rings. The van der Waals surface area contributed by atoms with Gasteiger partial charge in [-0.1, -0.05) is 6.42 Å². The van der Waals surface area contributed by atoms with E-state index in [4.69, 9.17) is 4.74 Å². The van der Waals surface area contributed by atoms with Gasteiger partial charge in [0.05, 0.1) is 17.9 Å². The molecule has 3 aromatic heterocycles. The number of aromatic nitrogens is 3. The molecule has 0 saturated heterocycles. The molecule has 0 bridgehead atoms. The first-order valence-corrected chi connectivity index (χ1v) is 12.3. The van der Waals surface area contributed by atoms with Gasteiger partial charge in [0.1, 0.15) is 11.5 Å². The summed E-state index contributed by atoms with van der Waals surface area (Å²) in [4.78, 5) is 31.5. The van der Waals surface area contributed by atoms with Crippen molar-refractivity contribution in [2.24, 2.45) is 0 Å². The summed E-state index contributed by atoms with van der Waals surface area (Å²) < 4.78 is 7.00. The van der Waals surface area contributed by atoms with Crippen LogP contribution in [0, 0.1) is 6.92 Å². The fourth-order valence-electron chi connectivity index (χ4n) is 4.71. The van der Waals surface area contributed by atoms with E-state index in [1.54, 1.807) is 17.8 Å². The van der Waals surface area contributed by atoms with Gasteiger partial charge in [-0.2, -0.15) is 5.10 Å². The maximum Gasteiger partial charge on any atom is 0.341 e. The minimum absolute atomic E-state index is 0.0519. The third-order valence-electron chi connectivity index (χ3n) is 6.30. The Morgan fingerprint density at radius 1 is 1.25 bits per heavy atom. The molecule has 3 aromatic rings. The van der Waals surface area contributed by atoms with E-state index in [1.165, 1.54) is 34.6 Å². The molecule has 2 aliphatic carbocycles. The Labute approximate surface area is 191 Å². The van der Waals surface area contributed by atoms with Crippen LogP contribution >= 0.6 is 11.3 Å². The fraction of sp³-hybridized carbons (Fsp3) is 0.500. The number of fused-ring (bicyclic) bond motifs is 2. The van der Waals surface area contributed by atoms with E-state index in [9.17, 15) is 9.59 Å². The Hall–Kier alpha value is -2.74. The number of nitrogens with one attached hydrogen (secondary N) is 1. The van der Waals surface area contributed by atoms with E-state index in [2.05, 4.69) is 21.5 Å². The number of thiophene rings is 1. The van der Waals surface area contributed by atoms with E-state index in [-0.39, 0.29) is 18.4 Å². The summed E-state index contributed by atoms with van der Waals surface area (Å²) in [6.07, 6.45) is 9.32. The molecule has 168 valence electrons. The monoisotopic (exact) mass is 452 g/mol. The Kier molecular flexibility index (Phi) is 5.71. The molecule has 0 aliphatic heterocycles. The summed E-state index contributed by atoms with van der Waals surface area (Å²) in [5.41, 5.74) is 4.52. The number of hydrogen-bond acceptors (Lipinski definition) is 6. The van der Waals surface area contributed by atoms with Crippen LogP contribution in [0.2, 0.25) is 0 Å². The summed E-state index contributed by atoms with van der Waals surface area (Å²) >= 11 is 1.51. The van der Waals surface area contributed by atoms with Crippen LogP contribution in [-0.4, -0.2) is 33.2 Å². The van der Waals surface area contributed by atoms with Crippen molar-refractivity contribution in [1.29, 1.82) is 0 Å². The molecule has 8 heteroatoms. The molecule has 0 unspecified atom stereocenters. The average molecular weight is 453 g/mol. The number of nitrogens with zero attached hydrogens (tertiary/aromatic N) is 3. The molecule has 0 radical (unpaired) electrons. The molecule has 5 rings (SSSR count). The van der Waals surface area contributed by atoms with Crippen LogP contribution in [0.15, 0.2) is 12.3 Å². The largest absolute Gasteiger partial charge is 0.462 e. The van der Waals surface area contributed by atoms with E-state index in [1.807, 2.05) is 6.92 Å². The highest BCUT2D eigenvalue weighted by atomic mass is 32.1. The molecule has 1 N–H and O–H groups in total. The van der Waals surface area contributed by atoms with E-state index in [0.29, 0.717) is 23.1 Å². The zero-order chi connectivity index (χ0) is 22.2. The third-order valence-corrected chi connectivity index (χ3v) is 7.51. The van der Waals surface area contributed by atoms with Crippen LogP contribution in [0.25, 0.3) is 11.0 Å². The summed E-state index contributed by atoms with van der Waals surface area (Å²) in [5.74, 6) is 0.0210. The van der Waals surface area contributed by atoms with E-state index in [0.717, 1.165) is 54.4 Å². The lowest BCUT2D eigenvalue weighted by molar-refractivity contribution is -0.116. The molecule has 2 aliphatic rings. The summed E-state index contributed by atoms with van der Waals surface area (Å²) in [6, 6.07) is 2.07. The Balaban J connectivity index is 1.42. The lowest BCUT2D eigenvalue weighted by atomic mass is 10.1. The molecule has 32 heavy (non-hydrogen) atoms. The summed E-state index contributed by atoms with van der Waals surface area (Å²) in [7, 11) is 0. The van der Waals surface area contributed by atoms with Crippen LogP contribution in [-0.2, 0) is 28.9 Å². The minimum Gasteiger partial charge on any atom is -0.462 e. The van der Waals surface area contributed by atoms with Crippen molar-refractivity contribution in [3.63, 3.8) is 0 Å². The molecule has 1 saturated carbocycles. The summed E-state index contributed by atoms with van der Waals surface area (Å²) in [6.45, 7) is 4.13. The van der Waals surface area contributed by atoms with Gasteiger partial charge in [0, 0.05) is 16.5 Å². The molecule has 0 atom stereocenters. The highest BCUT2D eigenvalue weighted by molar-refractivity contribution is 7.17. The predicted octanol–water partition coefficient (Wildman–Crippen LogP) is 4.76. The third kappa shape index (κ3) is 3.92. The van der Waals surface area contributed by atoms with Crippen LogP contribution in [0.1, 0.15) is 77.0 Å². The number of esters is 1. The van der Waals surface area contributed by atoms with Crippen molar-refractivity contribution in [3.8, 4) is 0 Å². The van der Waals surface area contributed by atoms with Gasteiger partial charge in [-0.05, 0) is 75.5 Å². The second kappa shape index (κ2) is 8.65. The molecule has 0 spiro atoms. The van der Waals surface area contributed by atoms with Gasteiger partial charge < -0.3 is 10.1 Å². The predicted molar refractivity (Wildman–Crippen MR) is 124 cm³/mol. The quantitative estimate of drug-likeness (QED) is 0.430. The Morgan fingerprint density at radius 2 is 2.06 bits per heavy atom. The van der Waals surface area contributed by atoms with Crippen molar-refractivity contribution in [2.45, 2.75) is 71.3 Å². The first kappa shape index (κ1) is 21.1. The van der Waals surface area contributed by atoms with Crippen molar-refractivity contribution in [2.75, 3.05) is 11.9 Å². The van der Waals surface area contributed by atoms with Gasteiger partial charge in [-0.25, -0.2) is 14.5 Å². The smallest absolute Gasteiger partial charge is 0.341 e. The van der Waals surface area contributed by atoms with Crippen molar-refractivity contribution in [1.82, 2.24) is 14.8 Å². The Bertz CT molecular complexity index is 1190. The Morgan fingerprint density at radius 3 is 2.84 bits per heavy atom. The zero-order valence-corrected chi connectivity index (χ0v) is 19.4. The van der Waals surface area contributed by atoms with Crippen molar-refractivity contribution < 1.29 is 14.3 Å². The van der Waals surface area contributed by atoms with Crippen molar-refractivity contribution in [3.05, 3.63) is 39.5 Å². The van der Waals surface area contributed by atoms with Crippen LogP contribution in [0.4, 0.5) is 5.00 Å². The van der Waals surface area contributed by atoms with E-state index >= 15 is 0 Å². The maximum atomic E-state index is 13.0. The number of ether oxygens (including phenoxy) is 1. The topological polar surface area (TPSA) is 86.1 Å². The normalized spacial score (nSPS) is 15.9. The van der Waals surface area contributed by atoms with Crippen LogP contribution in [0.3, 0.4) is 0 Å². The highest BCUT2D eigenvalue weighted by Crippen LogP contribution is 2.43. The number of aryl methyl sites for hydroxylation is 2. The first-order chi connectivity index (χ1) is 15.6. The van der Waals surface area contributed by atoms with Crippen LogP contribution in [0.5, 0.6) is 0 Å². The molecule has 3 heterocycles. The molecule has 0 aromatic carbocycles. The number of pyridine rings is 1. The second-order valence-electron chi connectivity index (χ2n) is 8.65. The van der Waals surface area contributed by atoms with Gasteiger partial charge >= 0.3 is 5.97 Å². The molecular weight excluding hydrogens is 424 g/mol. The highest BCUT2D eigenvalue weighted by Gasteiger charge is 2.29. The first-order valence-electron chi connectivity index (χ1n) is 11.5. The maximum absolute atomic E-state index is 13.0. The lowest BCUT2D eigenvalue weighted by Gasteiger charge is -2.09. The van der Waals surface area contributed by atoms with Gasteiger partial charge in [-0.3, -0.25) is 4.79 Å². The average Bonchev–Trinajstić information content (AvgIpc) is 3.53. The fourth-order valence-corrected chi connectivity index (χ4v) is 6.00. The van der Waals surface area contributed by atoms with Gasteiger partial charge in [0.25, 0.3) is 0 Å². The number of carbonyl (C=O) groups excluding carboxylic acids is 2. The van der Waals surface area contributed by atoms with Gasteiger partial charge in [0.15, 0.2) is 5.65 Å². The van der Waals surface area contributed by atoms with Gasteiger partial charge in [-0.15, -0.1) is 11.3 Å². The van der Waals surface area contributed by atoms with Gasteiger partial charge in [0.2, 0.25) is 5.91 Å². The number of amides is 1. The molecule has 7 nitrogen and oxygen atoms in total. The number of hydrogen-bond donors (Lipinski definition) is 1. The molecule has 1 amide bonds. The zero-order valence-electron chi connectivity index (χ0n) is 18.6. The standard InChI is InChI=1S/C24H28N4O3S/c1-3-31-24(30)21-17-7-5-4-6-8-18(17)32-23(21)26-19(29)13-28-22-20(14(2)27-28)16(11-12-25-22)15-9-10-15/h11-12,15H,3-10,13H2,1-2H3,(H,26,29). The summed E-state index contributed by atoms with van der Waals surface area (Å²) in [5, 5.41) is 9.27. The number of rotatable bonds is 6. The second-order valence-corrected chi connectivity index (χ2v) is 9.76. The number of carbonyl (C=O) groups is 2. The minimum atomic E-state index is -0.349. The van der Waals surface area contributed by atoms with E-state index < -0.39 is 0 Å². The SMILES string of the molecule is CCOC(=O)c1c(NC(=O)Cn2nc(C)c3c(C4CC4)ccnc32)sc2c1CCCCC2. The number of anilines is 1. The van der Waals surface area contributed by atoms with Crippen LogP contribution < -0.4 is 5.32 Å². The van der Waals surface area contributed by atoms with Crippen molar-refractivity contribution >= 4 is 39.2 Å². The lowest BCUT2D eigenvalue weighted by Crippen LogP contribution is -2.21. The molecular formula is C24H28N4O3S.